The topological polar surface area (TPSA) is 120 Å². The Hall–Kier alpha value is -0.870. The summed E-state index contributed by atoms with van der Waals surface area (Å²) in [5.74, 6) is 1.31. The minimum absolute atomic E-state index is 0. The normalized spacial score (nSPS) is 17.8. The number of ether oxygens (including phenoxy) is 2. The molecular weight excluding hydrogens is 292 g/mol. The predicted molar refractivity (Wildman–Crippen MR) is 73.2 cm³/mol. The third-order valence-corrected chi connectivity index (χ3v) is 3.94. The standard InChI is InChI=1S/C10H15NO5S2.H3N/c12-18(13,14)3-1-2-11-4-8-5-15-9-6-17-7-10(9)16-8;/h6-8,11H,1-5H2,(H,12,13,14);1H3. The summed E-state index contributed by atoms with van der Waals surface area (Å²) in [5, 5.41) is 6.86. The van der Waals surface area contributed by atoms with Crippen molar-refractivity contribution in [2.75, 3.05) is 25.4 Å². The summed E-state index contributed by atoms with van der Waals surface area (Å²) in [6.07, 6.45) is 0.300. The van der Waals surface area contributed by atoms with Crippen molar-refractivity contribution < 1.29 is 22.4 Å². The van der Waals surface area contributed by atoms with Gasteiger partial charge < -0.3 is 20.9 Å². The van der Waals surface area contributed by atoms with E-state index >= 15 is 0 Å². The third kappa shape index (κ3) is 5.33. The highest BCUT2D eigenvalue weighted by atomic mass is 32.2. The van der Waals surface area contributed by atoms with Crippen LogP contribution in [0.1, 0.15) is 6.42 Å². The zero-order valence-corrected chi connectivity index (χ0v) is 12.0. The van der Waals surface area contributed by atoms with Gasteiger partial charge in [0.25, 0.3) is 10.1 Å². The monoisotopic (exact) mass is 310 g/mol. The molecule has 0 radical (unpaired) electrons. The average molecular weight is 310 g/mol. The molecule has 0 spiro atoms. The molecule has 7 nitrogen and oxygen atoms in total. The molecule has 5 N–H and O–H groups in total. The highest BCUT2D eigenvalue weighted by Gasteiger charge is 2.21. The van der Waals surface area contributed by atoms with Crippen LogP contribution in [0.5, 0.6) is 11.5 Å². The zero-order chi connectivity index (χ0) is 13.0. The summed E-state index contributed by atoms with van der Waals surface area (Å²) in [6, 6.07) is 0. The van der Waals surface area contributed by atoms with Crippen LogP contribution in [-0.4, -0.2) is 44.5 Å². The molecule has 0 bridgehead atoms. The van der Waals surface area contributed by atoms with E-state index < -0.39 is 10.1 Å². The molecule has 110 valence electrons. The summed E-state index contributed by atoms with van der Waals surface area (Å²) >= 11 is 1.53. The van der Waals surface area contributed by atoms with Gasteiger partial charge in [-0.1, -0.05) is 0 Å². The number of hydrogen-bond acceptors (Lipinski definition) is 7. The largest absolute Gasteiger partial charge is 0.485 e. The average Bonchev–Trinajstić information content (AvgIpc) is 2.74. The lowest BCUT2D eigenvalue weighted by Crippen LogP contribution is -2.38. The van der Waals surface area contributed by atoms with E-state index in [1.807, 2.05) is 10.8 Å². The van der Waals surface area contributed by atoms with Gasteiger partial charge in [0.15, 0.2) is 11.5 Å². The molecule has 9 heteroatoms. The van der Waals surface area contributed by atoms with Gasteiger partial charge in [-0.15, -0.1) is 11.3 Å². The quantitative estimate of drug-likeness (QED) is 0.527. The highest BCUT2D eigenvalue weighted by molar-refractivity contribution is 7.85. The minimum atomic E-state index is -3.86. The second-order valence-electron chi connectivity index (χ2n) is 3.99. The molecular formula is C10H18N2O5S2. The molecule has 1 aromatic heterocycles. The van der Waals surface area contributed by atoms with Crippen molar-refractivity contribution in [3.63, 3.8) is 0 Å². The smallest absolute Gasteiger partial charge is 0.264 e. The van der Waals surface area contributed by atoms with E-state index in [2.05, 4.69) is 5.32 Å². The van der Waals surface area contributed by atoms with Crippen molar-refractivity contribution in [3.8, 4) is 11.5 Å². The van der Waals surface area contributed by atoms with E-state index in [1.54, 1.807) is 0 Å². The summed E-state index contributed by atoms with van der Waals surface area (Å²) < 4.78 is 40.7. The first kappa shape index (κ1) is 16.2. The Kier molecular flexibility index (Phi) is 6.01. The molecule has 0 aromatic carbocycles. The Balaban J connectivity index is 0.00000180. The summed E-state index contributed by atoms with van der Waals surface area (Å²) in [7, 11) is -3.86. The van der Waals surface area contributed by atoms with E-state index in [1.165, 1.54) is 11.3 Å². The molecule has 0 saturated heterocycles. The van der Waals surface area contributed by atoms with E-state index in [9.17, 15) is 8.42 Å². The molecule has 0 fully saturated rings. The lowest BCUT2D eigenvalue weighted by Gasteiger charge is -2.24. The highest BCUT2D eigenvalue weighted by Crippen LogP contribution is 2.34. The Bertz CT molecular complexity index is 488. The van der Waals surface area contributed by atoms with Gasteiger partial charge in [-0.25, -0.2) is 0 Å². The first-order valence-electron chi connectivity index (χ1n) is 5.56. The molecule has 1 unspecified atom stereocenters. The van der Waals surface area contributed by atoms with Crippen LogP contribution in [0.25, 0.3) is 0 Å². The molecule has 2 rings (SSSR count). The van der Waals surface area contributed by atoms with Gasteiger partial charge in [-0.05, 0) is 13.0 Å². The fraction of sp³-hybridized carbons (Fsp3) is 0.600. The van der Waals surface area contributed by atoms with Crippen LogP contribution < -0.4 is 20.9 Å². The first-order chi connectivity index (χ1) is 8.54. The number of thiophene rings is 1. The zero-order valence-electron chi connectivity index (χ0n) is 10.4. The lowest BCUT2D eigenvalue weighted by atomic mass is 10.3. The summed E-state index contributed by atoms with van der Waals surface area (Å²) in [4.78, 5) is 0. The SMILES string of the molecule is N.O=S(=O)(O)CCCNCC1COc2cscc2O1. The van der Waals surface area contributed by atoms with Crippen molar-refractivity contribution in [1.82, 2.24) is 11.5 Å². The Morgan fingerprint density at radius 3 is 2.89 bits per heavy atom. The Labute approximate surface area is 116 Å². The van der Waals surface area contributed by atoms with Crippen LogP contribution >= 0.6 is 11.3 Å². The van der Waals surface area contributed by atoms with E-state index in [-0.39, 0.29) is 18.0 Å². The van der Waals surface area contributed by atoms with Gasteiger partial charge in [-0.2, -0.15) is 8.42 Å². The van der Waals surface area contributed by atoms with Gasteiger partial charge >= 0.3 is 0 Å². The fourth-order valence-corrected chi connectivity index (χ4v) is 2.78. The Morgan fingerprint density at radius 2 is 2.16 bits per heavy atom. The molecule has 1 aromatic rings. The van der Waals surface area contributed by atoms with Crippen molar-refractivity contribution >= 4 is 21.5 Å². The number of hydrogen-bond donors (Lipinski definition) is 3. The van der Waals surface area contributed by atoms with E-state index in [0.29, 0.717) is 26.1 Å². The van der Waals surface area contributed by atoms with Crippen molar-refractivity contribution in [3.05, 3.63) is 10.8 Å². The number of rotatable bonds is 6. The number of fused-ring (bicyclic) bond motifs is 1. The first-order valence-corrected chi connectivity index (χ1v) is 8.11. The van der Waals surface area contributed by atoms with E-state index in [4.69, 9.17) is 14.0 Å². The van der Waals surface area contributed by atoms with Gasteiger partial charge in [-0.3, -0.25) is 4.55 Å². The van der Waals surface area contributed by atoms with Crippen LogP contribution in [0.4, 0.5) is 0 Å². The third-order valence-electron chi connectivity index (χ3n) is 2.44. The lowest BCUT2D eigenvalue weighted by molar-refractivity contribution is 0.0920. The maximum Gasteiger partial charge on any atom is 0.264 e. The summed E-state index contributed by atoms with van der Waals surface area (Å²) in [5.41, 5.74) is 0. The van der Waals surface area contributed by atoms with Crippen LogP contribution in [0.15, 0.2) is 10.8 Å². The van der Waals surface area contributed by atoms with Crippen LogP contribution in [-0.2, 0) is 10.1 Å². The maximum atomic E-state index is 10.5. The minimum Gasteiger partial charge on any atom is -0.485 e. The van der Waals surface area contributed by atoms with Crippen molar-refractivity contribution in [2.24, 2.45) is 0 Å². The molecule has 1 atom stereocenters. The van der Waals surface area contributed by atoms with Crippen LogP contribution in [0.2, 0.25) is 0 Å². The molecule has 19 heavy (non-hydrogen) atoms. The van der Waals surface area contributed by atoms with Gasteiger partial charge in [0.2, 0.25) is 0 Å². The molecule has 0 saturated carbocycles. The van der Waals surface area contributed by atoms with Gasteiger partial charge in [0.1, 0.15) is 12.7 Å². The van der Waals surface area contributed by atoms with Crippen molar-refractivity contribution in [2.45, 2.75) is 12.5 Å². The van der Waals surface area contributed by atoms with Gasteiger partial charge in [0.05, 0.1) is 5.75 Å². The molecule has 2 heterocycles. The molecule has 1 aliphatic rings. The Morgan fingerprint density at radius 1 is 1.42 bits per heavy atom. The molecule has 1 aliphatic heterocycles. The molecule has 0 amide bonds. The number of nitrogens with one attached hydrogen (secondary N) is 1. The van der Waals surface area contributed by atoms with Gasteiger partial charge in [0, 0.05) is 17.3 Å². The van der Waals surface area contributed by atoms with E-state index in [0.717, 1.165) is 11.5 Å². The molecule has 0 aliphatic carbocycles. The van der Waals surface area contributed by atoms with Crippen LogP contribution in [0, 0.1) is 0 Å². The second-order valence-corrected chi connectivity index (χ2v) is 6.31. The van der Waals surface area contributed by atoms with Crippen LogP contribution in [0.3, 0.4) is 0 Å². The van der Waals surface area contributed by atoms with Crippen molar-refractivity contribution in [1.29, 1.82) is 0 Å². The second kappa shape index (κ2) is 7.06. The predicted octanol–water partition coefficient (Wildman–Crippen LogP) is 0.917. The summed E-state index contributed by atoms with van der Waals surface area (Å²) in [6.45, 7) is 1.58. The fourth-order valence-electron chi connectivity index (χ4n) is 1.60. The maximum absolute atomic E-state index is 10.5.